The number of ether oxygens (including phenoxy) is 1. The molecule has 1 aliphatic heterocycles. The minimum Gasteiger partial charge on any atom is -0.383 e. The smallest absolute Gasteiger partial charge is 0.252 e. The van der Waals surface area contributed by atoms with Crippen molar-refractivity contribution in [1.82, 2.24) is 15.2 Å². The number of nitrogens with zero attached hydrogens (tertiary/aromatic N) is 2. The van der Waals surface area contributed by atoms with Crippen molar-refractivity contribution in [1.29, 1.82) is 0 Å². The molecule has 130 valence electrons. The van der Waals surface area contributed by atoms with Gasteiger partial charge in [-0.25, -0.2) is 0 Å². The molecule has 6 heteroatoms. The Labute approximate surface area is 146 Å². The first kappa shape index (κ1) is 17.1. The lowest BCUT2D eigenvalue weighted by atomic mass is 9.94. The van der Waals surface area contributed by atoms with Crippen molar-refractivity contribution in [3.8, 4) is 0 Å². The van der Waals surface area contributed by atoms with Gasteiger partial charge in [0.25, 0.3) is 5.91 Å². The van der Waals surface area contributed by atoms with Gasteiger partial charge in [-0.3, -0.25) is 14.6 Å². The molecule has 1 aromatic heterocycles. The number of carbonyl (C=O) groups is 2. The van der Waals surface area contributed by atoms with Gasteiger partial charge in [0.1, 0.15) is 6.04 Å². The standard InChI is InChI=1S/C19H21N3O3/c1-25-10-9-22(13-14-5-4-8-20-12-14)19(24)17-11-15-6-2-3-7-16(15)18(23)21-17/h2-8,12,17H,9-11,13H2,1H3,(H,21,23)/t17-/m0/s1. The van der Waals surface area contributed by atoms with E-state index in [0.717, 1.165) is 11.1 Å². The number of aromatic nitrogens is 1. The van der Waals surface area contributed by atoms with Crippen LogP contribution >= 0.6 is 0 Å². The summed E-state index contributed by atoms with van der Waals surface area (Å²) in [4.78, 5) is 31.1. The Morgan fingerprint density at radius 1 is 1.32 bits per heavy atom. The Bertz CT molecular complexity index is 749. The second-order valence-corrected chi connectivity index (χ2v) is 6.00. The van der Waals surface area contributed by atoms with Gasteiger partial charge < -0.3 is 15.0 Å². The molecule has 0 saturated carbocycles. The van der Waals surface area contributed by atoms with Gasteiger partial charge in [0.05, 0.1) is 6.61 Å². The summed E-state index contributed by atoms with van der Waals surface area (Å²) in [5, 5.41) is 2.83. The van der Waals surface area contributed by atoms with Crippen LogP contribution < -0.4 is 5.32 Å². The van der Waals surface area contributed by atoms with Crippen LogP contribution in [0.1, 0.15) is 21.5 Å². The number of hydrogen-bond acceptors (Lipinski definition) is 4. The van der Waals surface area contributed by atoms with Gasteiger partial charge in [0.2, 0.25) is 5.91 Å². The molecule has 1 aromatic carbocycles. The van der Waals surface area contributed by atoms with Gasteiger partial charge in [-0.1, -0.05) is 24.3 Å². The van der Waals surface area contributed by atoms with Crippen molar-refractivity contribution in [2.45, 2.75) is 19.0 Å². The van der Waals surface area contributed by atoms with E-state index in [2.05, 4.69) is 10.3 Å². The van der Waals surface area contributed by atoms with E-state index in [1.807, 2.05) is 30.3 Å². The fourth-order valence-electron chi connectivity index (χ4n) is 2.98. The molecule has 2 heterocycles. The molecule has 0 bridgehead atoms. The molecule has 0 fully saturated rings. The number of fused-ring (bicyclic) bond motifs is 1. The second-order valence-electron chi connectivity index (χ2n) is 6.00. The maximum Gasteiger partial charge on any atom is 0.252 e. The molecule has 0 aliphatic carbocycles. The van der Waals surface area contributed by atoms with Crippen LogP contribution in [0.3, 0.4) is 0 Å². The van der Waals surface area contributed by atoms with Crippen molar-refractivity contribution in [2.75, 3.05) is 20.3 Å². The number of pyridine rings is 1. The molecule has 1 aliphatic rings. The maximum absolute atomic E-state index is 13.0. The molecular formula is C19H21N3O3. The zero-order valence-corrected chi connectivity index (χ0v) is 14.1. The Kier molecular flexibility index (Phi) is 5.40. The van der Waals surface area contributed by atoms with Gasteiger partial charge in [-0.05, 0) is 23.3 Å². The van der Waals surface area contributed by atoms with Gasteiger partial charge in [-0.2, -0.15) is 0 Å². The van der Waals surface area contributed by atoms with Crippen LogP contribution in [-0.2, 0) is 22.5 Å². The summed E-state index contributed by atoms with van der Waals surface area (Å²) in [5.74, 6) is -0.308. The third kappa shape index (κ3) is 4.03. The summed E-state index contributed by atoms with van der Waals surface area (Å²) in [6.07, 6.45) is 3.93. The molecule has 2 aromatic rings. The highest BCUT2D eigenvalue weighted by Gasteiger charge is 2.31. The Hall–Kier alpha value is -2.73. The number of amides is 2. The van der Waals surface area contributed by atoms with Crippen LogP contribution in [0.2, 0.25) is 0 Å². The topological polar surface area (TPSA) is 71.5 Å². The van der Waals surface area contributed by atoms with E-state index in [1.54, 1.807) is 30.5 Å². The third-order valence-corrected chi connectivity index (χ3v) is 4.26. The van der Waals surface area contributed by atoms with E-state index >= 15 is 0 Å². The minimum absolute atomic E-state index is 0.108. The fraction of sp³-hybridized carbons (Fsp3) is 0.316. The molecule has 0 radical (unpaired) electrons. The largest absolute Gasteiger partial charge is 0.383 e. The van der Waals surface area contributed by atoms with Crippen LogP contribution in [-0.4, -0.2) is 48.0 Å². The molecular weight excluding hydrogens is 318 g/mol. The van der Waals surface area contributed by atoms with Gasteiger partial charge >= 0.3 is 0 Å². The number of carbonyl (C=O) groups excluding carboxylic acids is 2. The monoisotopic (exact) mass is 339 g/mol. The van der Waals surface area contributed by atoms with Gasteiger partial charge in [0.15, 0.2) is 0 Å². The summed E-state index contributed by atoms with van der Waals surface area (Å²) in [6, 6.07) is 10.6. The van der Waals surface area contributed by atoms with Crippen molar-refractivity contribution in [3.63, 3.8) is 0 Å². The van der Waals surface area contributed by atoms with E-state index in [-0.39, 0.29) is 11.8 Å². The lowest BCUT2D eigenvalue weighted by Gasteiger charge is -2.30. The molecule has 3 rings (SSSR count). The lowest BCUT2D eigenvalue weighted by molar-refractivity contribution is -0.134. The molecule has 2 amide bonds. The summed E-state index contributed by atoms with van der Waals surface area (Å²) in [6.45, 7) is 1.32. The van der Waals surface area contributed by atoms with Gasteiger partial charge in [0, 0.05) is 44.6 Å². The average molecular weight is 339 g/mol. The van der Waals surface area contributed by atoms with Crippen molar-refractivity contribution < 1.29 is 14.3 Å². The quantitative estimate of drug-likeness (QED) is 0.864. The summed E-state index contributed by atoms with van der Waals surface area (Å²) in [5.41, 5.74) is 2.48. The SMILES string of the molecule is COCCN(Cc1cccnc1)C(=O)[C@@H]1Cc2ccccc2C(=O)N1. The minimum atomic E-state index is -0.559. The number of methoxy groups -OCH3 is 1. The van der Waals surface area contributed by atoms with Crippen molar-refractivity contribution >= 4 is 11.8 Å². The predicted molar refractivity (Wildman–Crippen MR) is 92.9 cm³/mol. The highest BCUT2D eigenvalue weighted by Crippen LogP contribution is 2.18. The first-order valence-electron chi connectivity index (χ1n) is 8.24. The lowest BCUT2D eigenvalue weighted by Crippen LogP contribution is -2.52. The highest BCUT2D eigenvalue weighted by molar-refractivity contribution is 6.00. The number of hydrogen-bond donors (Lipinski definition) is 1. The summed E-state index contributed by atoms with van der Waals surface area (Å²) in [7, 11) is 1.60. The van der Waals surface area contributed by atoms with Gasteiger partial charge in [-0.15, -0.1) is 0 Å². The molecule has 1 atom stereocenters. The number of benzene rings is 1. The van der Waals surface area contributed by atoms with E-state index in [4.69, 9.17) is 4.74 Å². The zero-order chi connectivity index (χ0) is 17.6. The van der Waals surface area contributed by atoms with Crippen molar-refractivity contribution in [2.24, 2.45) is 0 Å². The predicted octanol–water partition coefficient (Wildman–Crippen LogP) is 1.41. The Balaban J connectivity index is 1.77. The summed E-state index contributed by atoms with van der Waals surface area (Å²) < 4.78 is 5.13. The van der Waals surface area contributed by atoms with Crippen LogP contribution in [0.4, 0.5) is 0 Å². The summed E-state index contributed by atoms with van der Waals surface area (Å²) >= 11 is 0. The third-order valence-electron chi connectivity index (χ3n) is 4.26. The average Bonchev–Trinajstić information content (AvgIpc) is 2.65. The zero-order valence-electron chi connectivity index (χ0n) is 14.1. The number of nitrogens with one attached hydrogen (secondary N) is 1. The van der Waals surface area contributed by atoms with Crippen LogP contribution in [0.5, 0.6) is 0 Å². The first-order chi connectivity index (χ1) is 12.2. The van der Waals surface area contributed by atoms with Crippen LogP contribution in [0.15, 0.2) is 48.8 Å². The fourth-order valence-corrected chi connectivity index (χ4v) is 2.98. The highest BCUT2D eigenvalue weighted by atomic mass is 16.5. The van der Waals surface area contributed by atoms with Crippen LogP contribution in [0, 0.1) is 0 Å². The second kappa shape index (κ2) is 7.90. The molecule has 1 N–H and O–H groups in total. The Morgan fingerprint density at radius 2 is 2.16 bits per heavy atom. The maximum atomic E-state index is 13.0. The molecule has 0 saturated heterocycles. The van der Waals surface area contributed by atoms with Crippen molar-refractivity contribution in [3.05, 3.63) is 65.5 Å². The first-order valence-corrected chi connectivity index (χ1v) is 8.24. The Morgan fingerprint density at radius 3 is 2.92 bits per heavy atom. The van der Waals surface area contributed by atoms with E-state index in [9.17, 15) is 9.59 Å². The molecule has 6 nitrogen and oxygen atoms in total. The normalized spacial score (nSPS) is 16.0. The van der Waals surface area contributed by atoms with E-state index in [0.29, 0.717) is 31.7 Å². The molecule has 25 heavy (non-hydrogen) atoms. The molecule has 0 unspecified atom stereocenters. The van der Waals surface area contributed by atoms with Crippen LogP contribution in [0.25, 0.3) is 0 Å². The van der Waals surface area contributed by atoms with E-state index in [1.165, 1.54) is 0 Å². The number of rotatable bonds is 6. The molecule has 0 spiro atoms. The van der Waals surface area contributed by atoms with E-state index < -0.39 is 6.04 Å².